The van der Waals surface area contributed by atoms with Crippen LogP contribution in [0.1, 0.15) is 56.8 Å². The molecule has 4 N–H and O–H groups in total. The highest BCUT2D eigenvalue weighted by Gasteiger charge is 2.39. The third-order valence-electron chi connectivity index (χ3n) is 6.34. The quantitative estimate of drug-likeness (QED) is 0.580. The maximum absolute atomic E-state index is 12.8. The van der Waals surface area contributed by atoms with Crippen LogP contribution in [-0.4, -0.2) is 45.6 Å². The van der Waals surface area contributed by atoms with Crippen LogP contribution in [0, 0.1) is 0 Å². The van der Waals surface area contributed by atoms with Crippen molar-refractivity contribution >= 4 is 41.7 Å². The Balaban J connectivity index is 0.00000259. The number of nitrogens with two attached hydrogens (primary N) is 1. The lowest BCUT2D eigenvalue weighted by atomic mass is 9.92. The van der Waals surface area contributed by atoms with Gasteiger partial charge in [0.1, 0.15) is 6.04 Å². The number of anilines is 1. The second-order valence-electron chi connectivity index (χ2n) is 8.56. The molecule has 10 heteroatoms. The molecule has 0 saturated carbocycles. The number of pyridine rings is 1. The fourth-order valence-electron chi connectivity index (χ4n) is 4.63. The van der Waals surface area contributed by atoms with Gasteiger partial charge in [0.2, 0.25) is 11.8 Å². The Morgan fingerprint density at radius 3 is 2.73 bits per heavy atom. The van der Waals surface area contributed by atoms with Crippen molar-refractivity contribution < 1.29 is 19.2 Å². The number of nitrogens with zero attached hydrogens (tertiary/aromatic N) is 2. The molecule has 2 atom stereocenters. The van der Waals surface area contributed by atoms with Gasteiger partial charge in [0.05, 0.1) is 11.9 Å². The normalized spacial score (nSPS) is 21.6. The monoisotopic (exact) mass is 469 g/mol. The predicted octanol–water partition coefficient (Wildman–Crippen LogP) is 1.33. The maximum Gasteiger partial charge on any atom is 0.255 e. The summed E-state index contributed by atoms with van der Waals surface area (Å²) in [4.78, 5) is 55.2. The second kappa shape index (κ2) is 8.92. The zero-order valence-electron chi connectivity index (χ0n) is 17.8. The van der Waals surface area contributed by atoms with Gasteiger partial charge in [0.25, 0.3) is 11.8 Å². The van der Waals surface area contributed by atoms with Crippen LogP contribution >= 0.6 is 12.4 Å². The Labute approximate surface area is 196 Å². The topological polar surface area (TPSA) is 134 Å². The molecule has 0 bridgehead atoms. The van der Waals surface area contributed by atoms with Crippen LogP contribution in [0.2, 0.25) is 0 Å². The molecule has 33 heavy (non-hydrogen) atoms. The van der Waals surface area contributed by atoms with E-state index < -0.39 is 11.9 Å². The SMILES string of the molecule is Cl.NC1CCc2ncc(NC(=O)c3ccc4c(c3)CN(C3CCC(=O)NC3=O)C4=O)cc2C1. The third kappa shape index (κ3) is 4.34. The smallest absolute Gasteiger partial charge is 0.255 e. The van der Waals surface area contributed by atoms with Gasteiger partial charge in [-0.1, -0.05) is 0 Å². The fourth-order valence-corrected chi connectivity index (χ4v) is 4.63. The first-order valence-electron chi connectivity index (χ1n) is 10.7. The lowest BCUT2D eigenvalue weighted by Gasteiger charge is -2.29. The van der Waals surface area contributed by atoms with Crippen LogP contribution in [0.15, 0.2) is 30.5 Å². The molecule has 2 unspecified atom stereocenters. The molecule has 5 rings (SSSR count). The Morgan fingerprint density at radius 1 is 1.12 bits per heavy atom. The summed E-state index contributed by atoms with van der Waals surface area (Å²) in [6.07, 6.45) is 4.64. The van der Waals surface area contributed by atoms with Crippen molar-refractivity contribution in [3.63, 3.8) is 0 Å². The van der Waals surface area contributed by atoms with E-state index in [0.29, 0.717) is 28.8 Å². The zero-order chi connectivity index (χ0) is 22.4. The van der Waals surface area contributed by atoms with Crippen LogP contribution < -0.4 is 16.4 Å². The van der Waals surface area contributed by atoms with Crippen molar-refractivity contribution in [2.45, 2.75) is 50.7 Å². The number of nitrogens with one attached hydrogen (secondary N) is 2. The van der Waals surface area contributed by atoms with Crippen molar-refractivity contribution in [1.82, 2.24) is 15.2 Å². The maximum atomic E-state index is 12.8. The molecule has 0 radical (unpaired) electrons. The van der Waals surface area contributed by atoms with Gasteiger partial charge >= 0.3 is 0 Å². The third-order valence-corrected chi connectivity index (χ3v) is 6.34. The lowest BCUT2D eigenvalue weighted by Crippen LogP contribution is -2.52. The minimum absolute atomic E-state index is 0. The van der Waals surface area contributed by atoms with Crippen LogP contribution in [-0.2, 0) is 29.0 Å². The second-order valence-corrected chi connectivity index (χ2v) is 8.56. The molecule has 0 spiro atoms. The predicted molar refractivity (Wildman–Crippen MR) is 122 cm³/mol. The number of imide groups is 1. The van der Waals surface area contributed by atoms with E-state index in [1.165, 1.54) is 4.90 Å². The number of aryl methyl sites for hydroxylation is 1. The fraction of sp³-hybridized carbons (Fsp3) is 0.348. The first-order chi connectivity index (χ1) is 15.4. The summed E-state index contributed by atoms with van der Waals surface area (Å²) < 4.78 is 0. The molecule has 1 saturated heterocycles. The summed E-state index contributed by atoms with van der Waals surface area (Å²) in [5, 5.41) is 5.15. The van der Waals surface area contributed by atoms with E-state index in [-0.39, 0.29) is 49.1 Å². The number of aromatic nitrogens is 1. The minimum atomic E-state index is -0.683. The first kappa shape index (κ1) is 22.9. The Hall–Kier alpha value is -3.30. The minimum Gasteiger partial charge on any atom is -0.327 e. The van der Waals surface area contributed by atoms with Crippen LogP contribution in [0.4, 0.5) is 5.69 Å². The van der Waals surface area contributed by atoms with Gasteiger partial charge in [-0.2, -0.15) is 0 Å². The molecule has 172 valence electrons. The molecule has 4 amide bonds. The number of carbonyl (C=O) groups is 4. The Kier molecular flexibility index (Phi) is 6.18. The standard InChI is InChI=1S/C23H23N5O4.ClH/c24-15-2-4-18-13(8-15)9-16(10-25-18)26-21(30)12-1-3-17-14(7-12)11-28(23(17)32)19-5-6-20(29)27-22(19)31;/h1,3,7,9-10,15,19H,2,4-6,8,11,24H2,(H,26,30)(H,27,29,31);1H. The molecule has 1 aromatic carbocycles. The highest BCUT2D eigenvalue weighted by molar-refractivity contribution is 6.08. The van der Waals surface area contributed by atoms with Crippen molar-refractivity contribution in [2.75, 3.05) is 5.32 Å². The first-order valence-corrected chi connectivity index (χ1v) is 10.7. The molecular formula is C23H24ClN5O4. The molecule has 1 aliphatic carbocycles. The molecule has 9 nitrogen and oxygen atoms in total. The molecule has 2 aromatic rings. The van der Waals surface area contributed by atoms with E-state index in [4.69, 9.17) is 5.73 Å². The number of hydrogen-bond donors (Lipinski definition) is 3. The number of piperidine rings is 1. The highest BCUT2D eigenvalue weighted by atomic mass is 35.5. The van der Waals surface area contributed by atoms with E-state index >= 15 is 0 Å². The van der Waals surface area contributed by atoms with Crippen LogP contribution in [0.5, 0.6) is 0 Å². The summed E-state index contributed by atoms with van der Waals surface area (Å²) in [5.74, 6) is -1.36. The number of carbonyl (C=O) groups excluding carboxylic acids is 4. The van der Waals surface area contributed by atoms with E-state index in [0.717, 1.165) is 30.5 Å². The van der Waals surface area contributed by atoms with Crippen molar-refractivity contribution in [1.29, 1.82) is 0 Å². The molecule has 1 fully saturated rings. The zero-order valence-corrected chi connectivity index (χ0v) is 18.6. The van der Waals surface area contributed by atoms with Gasteiger partial charge in [-0.15, -0.1) is 12.4 Å². The number of rotatable bonds is 3. The van der Waals surface area contributed by atoms with E-state index in [2.05, 4.69) is 15.6 Å². The summed E-state index contributed by atoms with van der Waals surface area (Å²) in [6.45, 7) is 0.222. The van der Waals surface area contributed by atoms with Gasteiger partial charge in [-0.3, -0.25) is 29.5 Å². The summed E-state index contributed by atoms with van der Waals surface area (Å²) >= 11 is 0. The number of hydrogen-bond acceptors (Lipinski definition) is 6. The largest absolute Gasteiger partial charge is 0.327 e. The van der Waals surface area contributed by atoms with Gasteiger partial charge in [0, 0.05) is 35.8 Å². The number of halogens is 1. The van der Waals surface area contributed by atoms with Crippen molar-refractivity contribution in [3.8, 4) is 0 Å². The van der Waals surface area contributed by atoms with E-state index in [1.807, 2.05) is 6.07 Å². The van der Waals surface area contributed by atoms with Gasteiger partial charge in [0.15, 0.2) is 0 Å². The average Bonchev–Trinajstić information content (AvgIpc) is 3.09. The molecule has 3 aliphatic rings. The summed E-state index contributed by atoms with van der Waals surface area (Å²) in [6, 6.07) is 6.23. The van der Waals surface area contributed by atoms with E-state index in [1.54, 1.807) is 24.4 Å². The number of benzene rings is 1. The molecule has 2 aliphatic heterocycles. The van der Waals surface area contributed by atoms with Gasteiger partial charge < -0.3 is 16.0 Å². The summed E-state index contributed by atoms with van der Waals surface area (Å²) in [7, 11) is 0. The molecule has 3 heterocycles. The van der Waals surface area contributed by atoms with Gasteiger partial charge in [-0.25, -0.2) is 0 Å². The molecular weight excluding hydrogens is 446 g/mol. The highest BCUT2D eigenvalue weighted by Crippen LogP contribution is 2.29. The lowest BCUT2D eigenvalue weighted by molar-refractivity contribution is -0.136. The van der Waals surface area contributed by atoms with Crippen LogP contribution in [0.3, 0.4) is 0 Å². The van der Waals surface area contributed by atoms with Crippen molar-refractivity contribution in [3.05, 3.63) is 58.4 Å². The number of fused-ring (bicyclic) bond motifs is 2. The Morgan fingerprint density at radius 2 is 1.94 bits per heavy atom. The summed E-state index contributed by atoms with van der Waals surface area (Å²) in [5.41, 5.74) is 10.3. The molecule has 1 aromatic heterocycles. The Bertz CT molecular complexity index is 1170. The van der Waals surface area contributed by atoms with Crippen LogP contribution in [0.25, 0.3) is 0 Å². The number of amides is 4. The van der Waals surface area contributed by atoms with Gasteiger partial charge in [-0.05, 0) is 61.1 Å². The average molecular weight is 470 g/mol. The van der Waals surface area contributed by atoms with Crippen molar-refractivity contribution in [2.24, 2.45) is 5.73 Å². The van der Waals surface area contributed by atoms with E-state index in [9.17, 15) is 19.2 Å².